The van der Waals surface area contributed by atoms with E-state index >= 15 is 0 Å². The third kappa shape index (κ3) is 3.22. The molecule has 4 heterocycles. The van der Waals surface area contributed by atoms with Crippen molar-refractivity contribution >= 4 is 11.6 Å². The van der Waals surface area contributed by atoms with Gasteiger partial charge in [0, 0.05) is 38.1 Å². The highest BCUT2D eigenvalue weighted by molar-refractivity contribution is 5.95. The molecule has 6 heteroatoms. The Morgan fingerprint density at radius 3 is 2.85 bits per heavy atom. The first kappa shape index (κ1) is 17.1. The van der Waals surface area contributed by atoms with Gasteiger partial charge in [0.25, 0.3) is 0 Å². The van der Waals surface area contributed by atoms with Crippen LogP contribution in [0.25, 0.3) is 0 Å². The second-order valence-electron chi connectivity index (χ2n) is 7.50. The molecular weight excluding hydrogens is 326 g/mol. The largest absolute Gasteiger partial charge is 0.308 e. The Hall–Kier alpha value is -2.31. The molecule has 2 fully saturated rings. The molecule has 2 saturated heterocycles. The molecule has 26 heavy (non-hydrogen) atoms. The molecule has 2 aliphatic heterocycles. The Bertz CT molecular complexity index is 796. The van der Waals surface area contributed by atoms with Crippen LogP contribution in [0.3, 0.4) is 0 Å². The van der Waals surface area contributed by atoms with Gasteiger partial charge in [-0.25, -0.2) is 0 Å². The minimum atomic E-state index is -0.00637. The van der Waals surface area contributed by atoms with Gasteiger partial charge in [-0.05, 0) is 44.7 Å². The van der Waals surface area contributed by atoms with E-state index in [1.165, 1.54) is 0 Å². The summed E-state index contributed by atoms with van der Waals surface area (Å²) in [6.45, 7) is 6.02. The molecule has 0 aromatic carbocycles. The number of anilines is 1. The summed E-state index contributed by atoms with van der Waals surface area (Å²) in [5, 5.41) is 0. The van der Waals surface area contributed by atoms with Crippen LogP contribution in [0.15, 0.2) is 42.7 Å². The monoisotopic (exact) mass is 351 g/mol. The van der Waals surface area contributed by atoms with Crippen LogP contribution in [-0.2, 0) is 11.3 Å². The molecule has 136 valence electrons. The number of aryl methyl sites for hydroxylation is 1. The molecule has 0 saturated carbocycles. The van der Waals surface area contributed by atoms with E-state index in [0.29, 0.717) is 13.1 Å². The van der Waals surface area contributed by atoms with Crippen molar-refractivity contribution in [3.8, 4) is 0 Å². The number of pyridine rings is 2. The highest BCUT2D eigenvalue weighted by Crippen LogP contribution is 2.33. The van der Waals surface area contributed by atoms with Crippen LogP contribution in [0.1, 0.15) is 17.8 Å². The maximum Gasteiger partial charge on any atom is 0.241 e. The van der Waals surface area contributed by atoms with Crippen molar-refractivity contribution in [1.82, 2.24) is 19.8 Å². The Balaban J connectivity index is 1.51. The van der Waals surface area contributed by atoms with Gasteiger partial charge in [0.2, 0.25) is 5.91 Å². The average Bonchev–Trinajstić information content (AvgIpc) is 3.03. The number of aromatic nitrogens is 2. The molecular formula is C20H25N5O. The third-order valence-corrected chi connectivity index (χ3v) is 5.64. The average molecular weight is 351 g/mol. The fourth-order valence-electron chi connectivity index (χ4n) is 4.14. The van der Waals surface area contributed by atoms with Crippen LogP contribution >= 0.6 is 0 Å². The van der Waals surface area contributed by atoms with E-state index in [-0.39, 0.29) is 11.4 Å². The fraction of sp³-hybridized carbons (Fsp3) is 0.450. The topological polar surface area (TPSA) is 52.6 Å². The summed E-state index contributed by atoms with van der Waals surface area (Å²) in [7, 11) is 2.08. The Morgan fingerprint density at radius 1 is 1.19 bits per heavy atom. The van der Waals surface area contributed by atoms with E-state index in [2.05, 4.69) is 38.9 Å². The Kier molecular flexibility index (Phi) is 4.46. The summed E-state index contributed by atoms with van der Waals surface area (Å²) in [6.07, 6.45) is 4.58. The minimum Gasteiger partial charge on any atom is -0.308 e. The highest BCUT2D eigenvalue weighted by Gasteiger charge is 2.47. The molecule has 0 unspecified atom stereocenters. The van der Waals surface area contributed by atoms with Gasteiger partial charge in [-0.3, -0.25) is 24.6 Å². The number of carbonyl (C=O) groups excluding carboxylic acids is 1. The summed E-state index contributed by atoms with van der Waals surface area (Å²) >= 11 is 0. The van der Waals surface area contributed by atoms with E-state index in [1.54, 1.807) is 12.4 Å². The van der Waals surface area contributed by atoms with Crippen LogP contribution < -0.4 is 4.90 Å². The zero-order valence-corrected chi connectivity index (χ0v) is 15.4. The van der Waals surface area contributed by atoms with Crippen molar-refractivity contribution in [2.24, 2.45) is 0 Å². The summed E-state index contributed by atoms with van der Waals surface area (Å²) in [6, 6.07) is 10.0. The Labute approximate surface area is 154 Å². The molecule has 1 atom stereocenters. The number of rotatable bonds is 3. The molecule has 0 aliphatic carbocycles. The number of hydrogen-bond donors (Lipinski definition) is 0. The number of piperazine rings is 1. The summed E-state index contributed by atoms with van der Waals surface area (Å²) in [5.41, 5.74) is 3.05. The molecule has 6 nitrogen and oxygen atoms in total. The number of likely N-dealkylation sites (N-methyl/N-ethyl adjacent to an activating group) is 1. The van der Waals surface area contributed by atoms with E-state index < -0.39 is 0 Å². The number of nitrogens with zero attached hydrogens (tertiary/aromatic N) is 5. The standard InChI is InChI=1S/C20H25N5O/c1-16-5-3-6-17(22-16)12-24-10-8-20(14-24)15-25(19(26)13-23(20)2)18-7-4-9-21-11-18/h3-7,9,11H,8,10,12-15H2,1-2H3/t20-/m0/s1. The minimum absolute atomic E-state index is 0.00637. The van der Waals surface area contributed by atoms with Crippen LogP contribution in [0.4, 0.5) is 5.69 Å². The van der Waals surface area contributed by atoms with Crippen LogP contribution in [0, 0.1) is 6.92 Å². The maximum absolute atomic E-state index is 12.6. The van der Waals surface area contributed by atoms with Gasteiger partial charge in [0.05, 0.1) is 29.7 Å². The predicted molar refractivity (Wildman–Crippen MR) is 101 cm³/mol. The first-order chi connectivity index (χ1) is 12.6. The van der Waals surface area contributed by atoms with E-state index in [9.17, 15) is 4.79 Å². The lowest BCUT2D eigenvalue weighted by Gasteiger charge is -2.46. The van der Waals surface area contributed by atoms with E-state index in [0.717, 1.165) is 43.1 Å². The second kappa shape index (κ2) is 6.78. The summed E-state index contributed by atoms with van der Waals surface area (Å²) in [4.78, 5) is 28.0. The van der Waals surface area contributed by atoms with Gasteiger partial charge in [0.15, 0.2) is 0 Å². The molecule has 1 spiro atoms. The van der Waals surface area contributed by atoms with Gasteiger partial charge in [-0.2, -0.15) is 0 Å². The molecule has 1 amide bonds. The summed E-state index contributed by atoms with van der Waals surface area (Å²) < 4.78 is 0. The molecule has 0 radical (unpaired) electrons. The number of carbonyl (C=O) groups is 1. The van der Waals surface area contributed by atoms with Crippen LogP contribution in [0.2, 0.25) is 0 Å². The van der Waals surface area contributed by atoms with Gasteiger partial charge < -0.3 is 4.90 Å². The predicted octanol–water partition coefficient (Wildman–Crippen LogP) is 1.71. The number of hydrogen-bond acceptors (Lipinski definition) is 5. The fourth-order valence-corrected chi connectivity index (χ4v) is 4.14. The first-order valence-electron chi connectivity index (χ1n) is 9.12. The lowest BCUT2D eigenvalue weighted by molar-refractivity contribution is -0.123. The van der Waals surface area contributed by atoms with Gasteiger partial charge in [-0.15, -0.1) is 0 Å². The van der Waals surface area contributed by atoms with Crippen molar-refractivity contribution in [1.29, 1.82) is 0 Å². The maximum atomic E-state index is 12.6. The summed E-state index contributed by atoms with van der Waals surface area (Å²) in [5.74, 6) is 0.143. The normalized spacial score (nSPS) is 24.5. The van der Waals surface area contributed by atoms with Crippen LogP contribution in [-0.4, -0.2) is 64.4 Å². The number of likely N-dealkylation sites (tertiary alicyclic amines) is 1. The number of amides is 1. The zero-order valence-electron chi connectivity index (χ0n) is 15.4. The lowest BCUT2D eigenvalue weighted by atomic mass is 9.92. The van der Waals surface area contributed by atoms with Gasteiger partial charge >= 0.3 is 0 Å². The van der Waals surface area contributed by atoms with E-state index in [4.69, 9.17) is 0 Å². The first-order valence-corrected chi connectivity index (χ1v) is 9.12. The zero-order chi connectivity index (χ0) is 18.1. The van der Waals surface area contributed by atoms with Crippen LogP contribution in [0.5, 0.6) is 0 Å². The molecule has 0 N–H and O–H groups in total. The third-order valence-electron chi connectivity index (χ3n) is 5.64. The molecule has 0 bridgehead atoms. The van der Waals surface area contributed by atoms with Crippen molar-refractivity contribution in [2.75, 3.05) is 38.1 Å². The van der Waals surface area contributed by atoms with Crippen molar-refractivity contribution in [3.05, 3.63) is 54.1 Å². The van der Waals surface area contributed by atoms with Gasteiger partial charge in [-0.1, -0.05) is 6.07 Å². The van der Waals surface area contributed by atoms with Crippen molar-refractivity contribution < 1.29 is 4.79 Å². The van der Waals surface area contributed by atoms with Gasteiger partial charge in [0.1, 0.15) is 0 Å². The molecule has 4 rings (SSSR count). The Morgan fingerprint density at radius 2 is 2.08 bits per heavy atom. The SMILES string of the molecule is Cc1cccc(CN2CC[C@]3(C2)CN(c2cccnc2)C(=O)CN3C)n1. The molecule has 2 aliphatic rings. The second-order valence-corrected chi connectivity index (χ2v) is 7.50. The quantitative estimate of drug-likeness (QED) is 0.843. The lowest BCUT2D eigenvalue weighted by Crippen LogP contribution is -2.64. The molecule has 2 aromatic rings. The van der Waals surface area contributed by atoms with Crippen molar-refractivity contribution in [2.45, 2.75) is 25.4 Å². The van der Waals surface area contributed by atoms with E-state index in [1.807, 2.05) is 30.0 Å². The van der Waals surface area contributed by atoms with Crippen molar-refractivity contribution in [3.63, 3.8) is 0 Å². The highest BCUT2D eigenvalue weighted by atomic mass is 16.2. The smallest absolute Gasteiger partial charge is 0.241 e. The molecule has 2 aromatic heterocycles.